The molecule has 0 saturated carbocycles. The molecule has 21 rings (SSSR count). The Morgan fingerprint density at radius 1 is 0.320 bits per heavy atom. The molecule has 16 aromatic carbocycles. The number of aromatic nitrogens is 4. The van der Waals surface area contributed by atoms with E-state index in [1.54, 1.807) is 84.9 Å². The fourth-order valence-corrected chi connectivity index (χ4v) is 23.1. The number of pyridine rings is 2. The van der Waals surface area contributed by atoms with Gasteiger partial charge in [0.1, 0.15) is 17.0 Å². The molecule has 0 amide bonds. The van der Waals surface area contributed by atoms with Crippen molar-refractivity contribution < 1.29 is 70.6 Å². The number of fused-ring (bicyclic) bond motifs is 18. The number of nitrogens with zero attached hydrogens (tertiary/aromatic N) is 4. The highest BCUT2D eigenvalue weighted by Gasteiger charge is 2.86. The highest BCUT2D eigenvalue weighted by molar-refractivity contribution is 7.88. The summed E-state index contributed by atoms with van der Waals surface area (Å²) in [6.07, 6.45) is -7.19. The van der Waals surface area contributed by atoms with Crippen LogP contribution in [0.4, 0.5) is 39.5 Å². The molecule has 634 valence electrons. The maximum atomic E-state index is 14.9. The van der Waals surface area contributed by atoms with Gasteiger partial charge in [-0.25, -0.2) is 9.97 Å². The zero-order chi connectivity index (χ0) is 89.1. The van der Waals surface area contributed by atoms with Crippen LogP contribution in [0.5, 0.6) is 5.75 Å². The van der Waals surface area contributed by atoms with Gasteiger partial charge in [-0.1, -0.05) is 291 Å². The first-order valence-corrected chi connectivity index (χ1v) is 45.8. The quantitative estimate of drug-likeness (QED) is 0.0324. The Morgan fingerprint density at radius 2 is 0.648 bits per heavy atom. The minimum absolute atomic E-state index is 0.334. The number of para-hydroxylation sites is 6. The van der Waals surface area contributed by atoms with Crippen molar-refractivity contribution in [2.45, 2.75) is 62.2 Å². The summed E-state index contributed by atoms with van der Waals surface area (Å²) in [5.74, 6) is -15.9. The molecule has 0 N–H and O–H groups in total. The first-order valence-electron chi connectivity index (χ1n) is 41.0. The van der Waals surface area contributed by atoms with Gasteiger partial charge in [0.15, 0.2) is 14.3 Å². The van der Waals surface area contributed by atoms with E-state index in [-0.39, 0.29) is 18.3 Å². The highest BCUT2D eigenvalue weighted by Crippen LogP contribution is 2.56. The van der Waals surface area contributed by atoms with Crippen molar-refractivity contribution in [3.63, 3.8) is 0 Å². The van der Waals surface area contributed by atoms with Crippen LogP contribution in [-0.2, 0) is 28.6 Å². The number of benzene rings is 16. The van der Waals surface area contributed by atoms with Crippen molar-refractivity contribution in [1.82, 2.24) is 18.8 Å². The first kappa shape index (κ1) is 84.1. The molecule has 20 aromatic rings. The lowest BCUT2D eigenvalue weighted by Crippen LogP contribution is -2.63. The van der Waals surface area contributed by atoms with Crippen LogP contribution >= 0.6 is 14.3 Å². The molecule has 11 nitrogen and oxygen atoms in total. The van der Waals surface area contributed by atoms with Crippen molar-refractivity contribution >= 4 is 167 Å². The van der Waals surface area contributed by atoms with Crippen LogP contribution in [-0.4, -0.2) is 68.8 Å². The van der Waals surface area contributed by atoms with Crippen LogP contribution in [0.2, 0.25) is 0 Å². The molecule has 24 heteroatoms. The minimum Gasteiger partial charge on any atom is -0.399 e. The van der Waals surface area contributed by atoms with Crippen LogP contribution < -0.4 is 41.5 Å². The smallest absolute Gasteiger partial charge is 0.399 e. The van der Waals surface area contributed by atoms with Gasteiger partial charge in [0.05, 0.1) is 44.3 Å². The van der Waals surface area contributed by atoms with Gasteiger partial charge < -0.3 is 22.6 Å². The van der Waals surface area contributed by atoms with E-state index in [0.717, 1.165) is 123 Å². The number of imidazole rings is 2. The molecule has 4 aromatic heterocycles. The van der Waals surface area contributed by atoms with Gasteiger partial charge in [0.25, 0.3) is 0 Å². The Morgan fingerprint density at radius 3 is 1.06 bits per heavy atom. The van der Waals surface area contributed by atoms with Gasteiger partial charge >= 0.3 is 40.5 Å². The number of halogens is 9. The summed E-state index contributed by atoms with van der Waals surface area (Å²) in [7, 11) is -13.8. The van der Waals surface area contributed by atoms with Gasteiger partial charge in [0.2, 0.25) is 0 Å². The average molecular weight is 1770 g/mol. The maximum absolute atomic E-state index is 14.9. The molecule has 1 aliphatic rings. The highest BCUT2D eigenvalue weighted by atomic mass is 32.2. The van der Waals surface area contributed by atoms with Crippen molar-refractivity contribution in [3.8, 4) is 39.1 Å². The second-order valence-corrected chi connectivity index (χ2v) is 39.7. The normalized spacial score (nSPS) is 14.0. The zero-order valence-electron chi connectivity index (χ0n) is 68.7. The van der Waals surface area contributed by atoms with Crippen LogP contribution in [0, 0.1) is 0 Å². The minimum atomic E-state index is -7.40. The second kappa shape index (κ2) is 31.8. The summed E-state index contributed by atoms with van der Waals surface area (Å²) >= 11 is 0. The monoisotopic (exact) mass is 1770 g/mol. The van der Waals surface area contributed by atoms with Gasteiger partial charge in [-0.05, 0) is 184 Å². The van der Waals surface area contributed by atoms with Crippen LogP contribution in [0.1, 0.15) is 27.7 Å². The molecule has 0 spiro atoms. The Hall–Kier alpha value is -13.5. The number of hydrogen-bond acceptors (Lipinski definition) is 9. The first-order chi connectivity index (χ1) is 61.3. The van der Waals surface area contributed by atoms with Crippen LogP contribution in [0.15, 0.2) is 376 Å². The number of hydrogen-bond donors (Lipinski definition) is 0. The molecule has 0 aliphatic carbocycles. The van der Waals surface area contributed by atoms with Crippen LogP contribution in [0.25, 0.3) is 132 Å². The summed E-state index contributed by atoms with van der Waals surface area (Å²) in [5, 5.41) is 7.99. The van der Waals surface area contributed by atoms with E-state index in [1.165, 1.54) is 32.7 Å². The van der Waals surface area contributed by atoms with E-state index in [2.05, 4.69) is 217 Å². The third-order valence-electron chi connectivity index (χ3n) is 24.3. The Bertz CT molecular complexity index is 7890. The lowest BCUT2D eigenvalue weighted by atomic mass is 9.78. The third-order valence-corrected chi connectivity index (χ3v) is 31.7. The van der Waals surface area contributed by atoms with Crippen molar-refractivity contribution in [3.05, 3.63) is 376 Å². The fraction of sp³-hybridized carbons (Fsp3) is 0.0962. The van der Waals surface area contributed by atoms with Crippen LogP contribution in [0.3, 0.4) is 0 Å². The molecular formula is C104H74BF9N4O7P2S. The van der Waals surface area contributed by atoms with E-state index in [0.29, 0.717) is 37.8 Å². The topological polar surface area (TPSA) is 131 Å². The van der Waals surface area contributed by atoms with Gasteiger partial charge in [-0.15, -0.1) is 0 Å². The Kier molecular flexibility index (Phi) is 20.9. The largest absolute Gasteiger partial charge is 0.494 e. The van der Waals surface area contributed by atoms with Gasteiger partial charge in [0, 0.05) is 53.4 Å². The summed E-state index contributed by atoms with van der Waals surface area (Å²) in [5.41, 5.74) is 14.3. The summed E-state index contributed by atoms with van der Waals surface area (Å²) in [6, 6.07) is 120. The van der Waals surface area contributed by atoms with E-state index < -0.39 is 53.4 Å². The van der Waals surface area contributed by atoms with E-state index in [9.17, 15) is 57.1 Å². The Balaban J connectivity index is 0.000000129. The molecule has 128 heavy (non-hydrogen) atoms. The lowest BCUT2D eigenvalue weighted by Gasteiger charge is -2.32. The maximum Gasteiger partial charge on any atom is 0.494 e. The van der Waals surface area contributed by atoms with Gasteiger partial charge in [-0.3, -0.25) is 8.80 Å². The third kappa shape index (κ3) is 14.3. The van der Waals surface area contributed by atoms with E-state index in [1.807, 2.05) is 91.0 Å². The van der Waals surface area contributed by atoms with Gasteiger partial charge in [-0.2, -0.15) is 47.9 Å². The van der Waals surface area contributed by atoms with Crippen molar-refractivity contribution in [2.75, 3.05) is 0 Å². The predicted molar refractivity (Wildman–Crippen MR) is 498 cm³/mol. The molecule has 0 radical (unpaired) electrons. The average Bonchev–Trinajstić information content (AvgIpc) is 0.788. The molecule has 1 aliphatic heterocycles. The molecular weight excluding hydrogens is 1690 g/mol. The molecule has 5 heterocycles. The molecule has 0 bridgehead atoms. The van der Waals surface area contributed by atoms with Crippen molar-refractivity contribution in [2.24, 2.45) is 0 Å². The van der Waals surface area contributed by atoms with E-state index >= 15 is 0 Å². The summed E-state index contributed by atoms with van der Waals surface area (Å²) in [4.78, 5) is 10.0. The standard InChI is InChI=1S/C47H31N2OP.C32H20F9O4PS.C25H23BN2O2/c50-51(38-11-3-1-4-12-38,39-13-5-2-6-14-39)40-27-25-35-29-34(23-24-36(35)30-40)32-19-21-33(22-20-32)37-26-28-42-43(31-37)41-15-7-9-17-45(41)49-46-18-10-8-16-44(46)48-47(42)49;33-29(34,31(37,38)39)30(35,36)32(40,41)47(43,44)45-25-16-13-21(14-17-25)22-11-12-24-20-28(18-15-23(24)19-22)46(42,26-7-3-1-4-8-26)27-9-5-2-6-10-27;1-24(2)25(3,4)30-26(29-24)16-13-14-18-19(15-16)17-9-5-7-11-21(17)28-22-12-8-6-10-20(22)27-23(18)28/h1-31H;1-20H;5-15H,1-4H3. The SMILES string of the molecule is CC1(C)OB(c2ccc3c(c2)c2ccccc2n2c4ccccc4nc32)OC1(C)C.O=P(c1ccccc1)(c1ccccc1)c1ccc2cc(-c3ccc(-c4ccc5c(c4)c4ccccc4n4c6ccccc6nc54)cc3)ccc2c1.O=P(c1ccccc1)(c1ccccc1)c1ccc2cc(-c3ccc(OS(=O)(=O)C(F)(F)C(F)(F)C(F)(F)C(F)(F)F)cc3)ccc2c1. The summed E-state index contributed by atoms with van der Waals surface area (Å²) in [6.45, 7) is 8.35. The summed E-state index contributed by atoms with van der Waals surface area (Å²) < 4.78 is 193. The molecule has 0 unspecified atom stereocenters. The fourth-order valence-electron chi connectivity index (χ4n) is 16.9. The molecule has 1 saturated heterocycles. The molecule has 0 atom stereocenters. The number of alkyl halides is 9. The second-order valence-electron chi connectivity index (χ2n) is 32.6. The zero-order valence-corrected chi connectivity index (χ0v) is 71.3. The lowest BCUT2D eigenvalue weighted by molar-refractivity contribution is -0.382. The Labute approximate surface area is 729 Å². The van der Waals surface area contributed by atoms with E-state index in [4.69, 9.17) is 19.3 Å². The predicted octanol–water partition coefficient (Wildman–Crippen LogP) is 24.3. The van der Waals surface area contributed by atoms with Crippen molar-refractivity contribution in [1.29, 1.82) is 0 Å². The molecule has 1 fully saturated rings. The number of rotatable bonds is 15.